The lowest BCUT2D eigenvalue weighted by atomic mass is 10.0. The van der Waals surface area contributed by atoms with Gasteiger partial charge in [-0.05, 0) is 29.5 Å². The number of nitrogens with two attached hydrogens (primary N) is 3. The fraction of sp³-hybridized carbons (Fsp3) is 0.231. The highest BCUT2D eigenvalue weighted by atomic mass is 16.6. The number of fused-ring (bicyclic) bond motifs is 1. The summed E-state index contributed by atoms with van der Waals surface area (Å²) in [6, 6.07) is 4.90. The maximum Gasteiger partial charge on any atom is 0.270 e. The van der Waals surface area contributed by atoms with Crippen molar-refractivity contribution in [3.63, 3.8) is 0 Å². The van der Waals surface area contributed by atoms with Crippen LogP contribution in [0, 0.1) is 10.1 Å². The third kappa shape index (κ3) is 3.56. The van der Waals surface area contributed by atoms with Crippen LogP contribution >= 0.6 is 0 Å². The molecule has 0 radical (unpaired) electrons. The number of rotatable bonds is 4. The number of guanidine groups is 2. The van der Waals surface area contributed by atoms with Crippen molar-refractivity contribution < 1.29 is 4.92 Å². The highest BCUT2D eigenvalue weighted by Crippen LogP contribution is 2.32. The molecule has 21 heavy (non-hydrogen) atoms. The first-order valence-corrected chi connectivity index (χ1v) is 6.33. The summed E-state index contributed by atoms with van der Waals surface area (Å²) in [7, 11) is 0. The second kappa shape index (κ2) is 6.04. The van der Waals surface area contributed by atoms with Gasteiger partial charge in [-0.15, -0.1) is 0 Å². The van der Waals surface area contributed by atoms with Crippen molar-refractivity contribution in [2.75, 3.05) is 6.54 Å². The Morgan fingerprint density at radius 3 is 2.76 bits per heavy atom. The number of nitro benzene ring substituents is 1. The van der Waals surface area contributed by atoms with Crippen LogP contribution in [0.5, 0.6) is 0 Å². The predicted octanol–water partition coefficient (Wildman–Crippen LogP) is 0.513. The first-order chi connectivity index (χ1) is 9.97. The molecule has 0 aromatic heterocycles. The Morgan fingerprint density at radius 2 is 2.10 bits per heavy atom. The Morgan fingerprint density at radius 1 is 1.33 bits per heavy atom. The molecule has 1 aliphatic carbocycles. The molecule has 0 unspecified atom stereocenters. The van der Waals surface area contributed by atoms with Crippen LogP contribution in [0.3, 0.4) is 0 Å². The van der Waals surface area contributed by atoms with E-state index in [0.717, 1.165) is 23.1 Å². The van der Waals surface area contributed by atoms with Crippen molar-refractivity contribution in [2.24, 2.45) is 27.2 Å². The van der Waals surface area contributed by atoms with Gasteiger partial charge in [0.2, 0.25) is 5.96 Å². The van der Waals surface area contributed by atoms with Gasteiger partial charge in [0, 0.05) is 18.7 Å². The van der Waals surface area contributed by atoms with E-state index < -0.39 is 4.92 Å². The smallest absolute Gasteiger partial charge is 0.270 e. The van der Waals surface area contributed by atoms with Crippen LogP contribution in [-0.2, 0) is 6.42 Å². The Hall–Kier alpha value is -2.90. The van der Waals surface area contributed by atoms with Crippen molar-refractivity contribution in [1.82, 2.24) is 0 Å². The lowest BCUT2D eigenvalue weighted by Gasteiger charge is -2.04. The van der Waals surface area contributed by atoms with Crippen molar-refractivity contribution >= 4 is 23.2 Å². The van der Waals surface area contributed by atoms with Gasteiger partial charge in [-0.1, -0.05) is 12.1 Å². The number of non-ortho nitro benzene ring substituents is 1. The average Bonchev–Trinajstić information content (AvgIpc) is 2.80. The van der Waals surface area contributed by atoms with E-state index in [0.29, 0.717) is 13.0 Å². The average molecular weight is 288 g/mol. The molecule has 110 valence electrons. The third-order valence-electron chi connectivity index (χ3n) is 3.12. The number of hydrogen-bond donors (Lipinski definition) is 3. The molecule has 0 heterocycles. The molecule has 0 saturated heterocycles. The topological polar surface area (TPSA) is 146 Å². The van der Waals surface area contributed by atoms with Gasteiger partial charge in [0.15, 0.2) is 5.96 Å². The summed E-state index contributed by atoms with van der Waals surface area (Å²) < 4.78 is 0. The van der Waals surface area contributed by atoms with Crippen LogP contribution in [0.25, 0.3) is 5.57 Å². The number of hydrogen-bond acceptors (Lipinski definition) is 3. The van der Waals surface area contributed by atoms with E-state index in [1.54, 1.807) is 12.1 Å². The zero-order valence-corrected chi connectivity index (χ0v) is 11.3. The van der Waals surface area contributed by atoms with Crippen molar-refractivity contribution in [3.8, 4) is 0 Å². The van der Waals surface area contributed by atoms with Crippen molar-refractivity contribution in [1.29, 1.82) is 0 Å². The fourth-order valence-corrected chi connectivity index (χ4v) is 2.19. The lowest BCUT2D eigenvalue weighted by Crippen LogP contribution is -2.26. The van der Waals surface area contributed by atoms with Gasteiger partial charge in [0.05, 0.1) is 4.92 Å². The molecule has 8 heteroatoms. The van der Waals surface area contributed by atoms with Gasteiger partial charge in [0.25, 0.3) is 5.69 Å². The summed E-state index contributed by atoms with van der Waals surface area (Å²) in [4.78, 5) is 18.1. The molecule has 0 saturated carbocycles. The maximum absolute atomic E-state index is 10.8. The van der Waals surface area contributed by atoms with E-state index in [1.165, 1.54) is 6.07 Å². The van der Waals surface area contributed by atoms with E-state index in [9.17, 15) is 10.1 Å². The molecule has 8 nitrogen and oxygen atoms in total. The molecule has 6 N–H and O–H groups in total. The van der Waals surface area contributed by atoms with Crippen LogP contribution in [0.15, 0.2) is 34.3 Å². The van der Waals surface area contributed by atoms with E-state index in [4.69, 9.17) is 17.2 Å². The first kappa shape index (κ1) is 14.5. The number of nitro groups is 1. The molecule has 1 aromatic rings. The van der Waals surface area contributed by atoms with Gasteiger partial charge in [-0.2, -0.15) is 4.99 Å². The summed E-state index contributed by atoms with van der Waals surface area (Å²) in [6.07, 6.45) is 3.44. The summed E-state index contributed by atoms with van der Waals surface area (Å²) in [5, 5.41) is 10.8. The SMILES string of the molecule is NC(N)=NC(N)=NCCC1=CCc2ccc([N+](=O)[O-])cc21. The Bertz CT molecular complexity index is 659. The molecule has 1 aromatic carbocycles. The number of aliphatic imine (C=N–C) groups is 2. The van der Waals surface area contributed by atoms with Gasteiger partial charge >= 0.3 is 0 Å². The summed E-state index contributed by atoms with van der Waals surface area (Å²) in [5.74, 6) is -0.120. The third-order valence-corrected chi connectivity index (χ3v) is 3.12. The van der Waals surface area contributed by atoms with Crippen LogP contribution in [0.1, 0.15) is 17.5 Å². The molecular formula is C13H16N6O2. The summed E-state index contributed by atoms with van der Waals surface area (Å²) in [5.41, 5.74) is 19.0. The number of allylic oxidation sites excluding steroid dienone is 1. The number of nitrogens with zero attached hydrogens (tertiary/aromatic N) is 3. The minimum absolute atomic E-state index is 0.0212. The zero-order valence-electron chi connectivity index (χ0n) is 11.3. The highest BCUT2D eigenvalue weighted by molar-refractivity contribution is 5.92. The molecule has 2 rings (SSSR count). The Labute approximate surface area is 121 Å². The molecule has 0 amide bonds. The summed E-state index contributed by atoms with van der Waals surface area (Å²) in [6.45, 7) is 0.413. The largest absolute Gasteiger partial charge is 0.370 e. The van der Waals surface area contributed by atoms with E-state index in [2.05, 4.69) is 9.98 Å². The molecule has 0 aliphatic heterocycles. The van der Waals surface area contributed by atoms with Crippen LogP contribution in [-0.4, -0.2) is 23.4 Å². The Kier molecular flexibility index (Phi) is 4.17. The minimum atomic E-state index is -0.398. The van der Waals surface area contributed by atoms with Crippen LogP contribution < -0.4 is 17.2 Å². The quantitative estimate of drug-likeness (QED) is 0.320. The number of benzene rings is 1. The van der Waals surface area contributed by atoms with Crippen LogP contribution in [0.2, 0.25) is 0 Å². The fourth-order valence-electron chi connectivity index (χ4n) is 2.19. The van der Waals surface area contributed by atoms with Gasteiger partial charge < -0.3 is 17.2 Å². The second-order valence-electron chi connectivity index (χ2n) is 4.56. The molecule has 1 aliphatic rings. The standard InChI is InChI=1S/C13H16N6O2/c14-12(15)18-13(16)17-6-5-9-2-1-8-3-4-10(19(20)21)7-11(8)9/h2-4,7H,1,5-6H2,(H6,14,15,16,17,18). The van der Waals surface area contributed by atoms with Crippen molar-refractivity contribution in [3.05, 3.63) is 45.5 Å². The van der Waals surface area contributed by atoms with Gasteiger partial charge in [-0.3, -0.25) is 15.1 Å². The monoisotopic (exact) mass is 288 g/mol. The summed E-state index contributed by atoms with van der Waals surface area (Å²) >= 11 is 0. The Balaban J connectivity index is 2.07. The van der Waals surface area contributed by atoms with E-state index >= 15 is 0 Å². The highest BCUT2D eigenvalue weighted by Gasteiger charge is 2.17. The molecular weight excluding hydrogens is 272 g/mol. The predicted molar refractivity (Wildman–Crippen MR) is 81.7 cm³/mol. The zero-order chi connectivity index (χ0) is 15.4. The molecule has 0 atom stereocenters. The van der Waals surface area contributed by atoms with Gasteiger partial charge in [-0.25, -0.2) is 0 Å². The van der Waals surface area contributed by atoms with Gasteiger partial charge in [0.1, 0.15) is 0 Å². The normalized spacial score (nSPS) is 13.5. The second-order valence-corrected chi connectivity index (χ2v) is 4.56. The van der Waals surface area contributed by atoms with Crippen LogP contribution in [0.4, 0.5) is 5.69 Å². The molecule has 0 fully saturated rings. The van der Waals surface area contributed by atoms with Crippen molar-refractivity contribution in [2.45, 2.75) is 12.8 Å². The molecule has 0 spiro atoms. The first-order valence-electron chi connectivity index (χ1n) is 6.33. The van der Waals surface area contributed by atoms with E-state index in [1.807, 2.05) is 6.08 Å². The lowest BCUT2D eigenvalue weighted by molar-refractivity contribution is -0.384. The molecule has 0 bridgehead atoms. The minimum Gasteiger partial charge on any atom is -0.370 e. The van der Waals surface area contributed by atoms with E-state index in [-0.39, 0.29) is 17.6 Å². The maximum atomic E-state index is 10.8.